The summed E-state index contributed by atoms with van der Waals surface area (Å²) in [6.07, 6.45) is 4.86. The molecule has 5 bridgehead atoms. The number of anilines is 1. The molecule has 1 saturated heterocycles. The van der Waals surface area contributed by atoms with Crippen molar-refractivity contribution in [2.24, 2.45) is 28.8 Å². The Bertz CT molecular complexity index is 2070. The molecule has 6 rings (SSSR count). The first-order valence-corrected chi connectivity index (χ1v) is 19.8. The number of rotatable bonds is 4. The van der Waals surface area contributed by atoms with Gasteiger partial charge in [-0.2, -0.15) is 5.10 Å². The van der Waals surface area contributed by atoms with E-state index < -0.39 is 88.8 Å². The van der Waals surface area contributed by atoms with Crippen LogP contribution in [0.15, 0.2) is 41.2 Å². The predicted octanol–water partition coefficient (Wildman–Crippen LogP) is 4.34. The average Bonchev–Trinajstić information content (AvgIpc) is 3.46. The van der Waals surface area contributed by atoms with Crippen molar-refractivity contribution >= 4 is 40.3 Å². The van der Waals surface area contributed by atoms with Crippen LogP contribution in [0.25, 0.3) is 10.8 Å². The van der Waals surface area contributed by atoms with E-state index in [1.807, 2.05) is 7.05 Å². The van der Waals surface area contributed by atoms with E-state index in [1.165, 1.54) is 59.4 Å². The number of phenolic OH excluding ortho intramolecular Hbond substituents is 3. The molecule has 322 valence electrons. The van der Waals surface area contributed by atoms with Gasteiger partial charge in [0.15, 0.2) is 5.75 Å². The van der Waals surface area contributed by atoms with Gasteiger partial charge >= 0.3 is 11.8 Å². The molecule has 3 unspecified atom stereocenters. The summed E-state index contributed by atoms with van der Waals surface area (Å²) in [4.78, 5) is 42.6. The number of aromatic hydroxyl groups is 3. The SMILES string of the molecule is COC1/C=C/O[C@@]2(C)Oc3c(C)c(O)c4c(O)c(c(/C=N/N5CCN(C)CC5)c(O)c4c3C2=O)NC(=O)/C(C)=C\C=C\[C@H](C)[C@H](O)[C@@H](C)C(O)[C@@H](C)C(OC(C)=O)[C@@H]1C. The minimum absolute atomic E-state index is 0.0559. The Morgan fingerprint density at radius 3 is 2.24 bits per heavy atom. The van der Waals surface area contributed by atoms with Crippen molar-refractivity contribution < 1.29 is 58.9 Å². The van der Waals surface area contributed by atoms with Crippen LogP contribution < -0.4 is 10.1 Å². The Morgan fingerprint density at radius 2 is 1.61 bits per heavy atom. The number of hydrazone groups is 1. The van der Waals surface area contributed by atoms with Gasteiger partial charge < -0.3 is 54.7 Å². The summed E-state index contributed by atoms with van der Waals surface area (Å²) in [6, 6.07) is 0. The van der Waals surface area contributed by atoms with E-state index in [0.717, 1.165) is 13.1 Å². The van der Waals surface area contributed by atoms with Gasteiger partial charge in [0, 0.05) is 87.3 Å². The van der Waals surface area contributed by atoms with Gasteiger partial charge in [-0.25, -0.2) is 0 Å². The van der Waals surface area contributed by atoms with E-state index in [9.17, 15) is 39.9 Å². The number of ketones is 1. The molecule has 0 aliphatic carbocycles. The fraction of sp³-hybridized carbons (Fsp3) is 0.535. The third-order valence-electron chi connectivity index (χ3n) is 11.9. The minimum Gasteiger partial charge on any atom is -0.507 e. The highest BCUT2D eigenvalue weighted by Crippen LogP contribution is 2.55. The maximum Gasteiger partial charge on any atom is 0.312 e. The van der Waals surface area contributed by atoms with Crippen LogP contribution in [0.1, 0.15) is 70.0 Å². The zero-order valence-electron chi connectivity index (χ0n) is 35.3. The molecule has 1 fully saturated rings. The van der Waals surface area contributed by atoms with E-state index in [-0.39, 0.29) is 44.5 Å². The lowest BCUT2D eigenvalue weighted by molar-refractivity contribution is -0.160. The second-order valence-electron chi connectivity index (χ2n) is 16.1. The van der Waals surface area contributed by atoms with Crippen LogP contribution in [-0.2, 0) is 23.8 Å². The predicted molar refractivity (Wildman–Crippen MR) is 220 cm³/mol. The van der Waals surface area contributed by atoms with Crippen molar-refractivity contribution in [3.63, 3.8) is 0 Å². The number of nitrogens with one attached hydrogen (secondary N) is 1. The molecule has 0 radical (unpaired) electrons. The summed E-state index contributed by atoms with van der Waals surface area (Å²) in [5.41, 5.74) is -0.350. The van der Waals surface area contributed by atoms with Crippen LogP contribution in [0.5, 0.6) is 23.0 Å². The Kier molecular flexibility index (Phi) is 13.7. The number of nitrogens with zero attached hydrogens (tertiary/aromatic N) is 3. The molecule has 1 amide bonds. The number of likely N-dealkylation sites (N-methyl/N-ethyl adjacent to an activating group) is 1. The number of carbonyl (C=O) groups is 3. The quantitative estimate of drug-likeness (QED) is 0.109. The lowest BCUT2D eigenvalue weighted by atomic mass is 9.78. The van der Waals surface area contributed by atoms with E-state index in [4.69, 9.17) is 18.9 Å². The van der Waals surface area contributed by atoms with Gasteiger partial charge in [0.25, 0.3) is 11.7 Å². The molecule has 9 atom stereocenters. The number of esters is 1. The van der Waals surface area contributed by atoms with Crippen molar-refractivity contribution in [2.75, 3.05) is 45.7 Å². The van der Waals surface area contributed by atoms with Crippen molar-refractivity contribution in [3.05, 3.63) is 52.8 Å². The number of Topliss-reactive ketones (excluding diaryl/α,β-unsaturated/α-hetero) is 1. The fourth-order valence-corrected chi connectivity index (χ4v) is 7.92. The molecule has 2 aromatic rings. The fourth-order valence-electron chi connectivity index (χ4n) is 7.92. The zero-order chi connectivity index (χ0) is 43.7. The number of methoxy groups -OCH3 is 1. The molecule has 59 heavy (non-hydrogen) atoms. The second-order valence-corrected chi connectivity index (χ2v) is 16.1. The lowest BCUT2D eigenvalue weighted by Gasteiger charge is -2.38. The van der Waals surface area contributed by atoms with E-state index in [1.54, 1.807) is 44.9 Å². The van der Waals surface area contributed by atoms with Crippen molar-refractivity contribution in [1.82, 2.24) is 9.91 Å². The Hall–Kier alpha value is -5.16. The number of aliphatic hydroxyl groups excluding tert-OH is 2. The number of piperazine rings is 1. The molecule has 4 aliphatic heterocycles. The average molecular weight is 823 g/mol. The maximum atomic E-state index is 14.4. The number of allylic oxidation sites excluding steroid dienone is 2. The minimum atomic E-state index is -2.04. The summed E-state index contributed by atoms with van der Waals surface area (Å²) in [7, 11) is 3.42. The lowest BCUT2D eigenvalue weighted by Crippen LogP contribution is -2.46. The Morgan fingerprint density at radius 1 is 0.949 bits per heavy atom. The standard InChI is InChI=1S/C43H58N4O12/c1-21-12-11-13-22(2)42(55)45-33-28(20-44-47-17-15-46(9)16-18-47)37(52)30-31(38(33)53)36(51)26(6)40-32(30)41(54)43(8,59-40)57-19-14-29(56-10)23(3)39(58-27(7)48)25(5)35(50)24(4)34(21)49/h11-14,19-21,23-25,29,34-35,39,49-53H,15-18H2,1-10H3,(H,45,55)/b12-11+,19-14+,22-13-,44-20+/t21-,23+,24+,25+,29?,34-,35?,39?,43-/m0/s1. The summed E-state index contributed by atoms with van der Waals surface area (Å²) in [6.45, 7) is 15.1. The van der Waals surface area contributed by atoms with Gasteiger partial charge in [0.2, 0.25) is 0 Å². The third kappa shape index (κ3) is 8.91. The van der Waals surface area contributed by atoms with Gasteiger partial charge in [0.1, 0.15) is 23.4 Å². The van der Waals surface area contributed by atoms with Crippen LogP contribution in [0, 0.1) is 30.6 Å². The van der Waals surface area contributed by atoms with E-state index in [0.29, 0.717) is 13.1 Å². The number of amides is 1. The second kappa shape index (κ2) is 18.0. The van der Waals surface area contributed by atoms with Crippen molar-refractivity contribution in [3.8, 4) is 23.0 Å². The number of phenols is 3. The van der Waals surface area contributed by atoms with Gasteiger partial charge in [-0.05, 0) is 27.0 Å². The smallest absolute Gasteiger partial charge is 0.312 e. The molecule has 16 nitrogen and oxygen atoms in total. The van der Waals surface area contributed by atoms with E-state index >= 15 is 0 Å². The highest BCUT2D eigenvalue weighted by molar-refractivity contribution is 6.23. The molecule has 4 aliphatic rings. The van der Waals surface area contributed by atoms with Crippen molar-refractivity contribution in [2.45, 2.75) is 85.6 Å². The molecule has 16 heteroatoms. The number of ether oxygens (including phenoxy) is 4. The zero-order valence-corrected chi connectivity index (χ0v) is 35.3. The van der Waals surface area contributed by atoms with Gasteiger partial charge in [0.05, 0.1) is 53.0 Å². The number of fused-ring (bicyclic) bond motifs is 14. The first-order valence-electron chi connectivity index (χ1n) is 19.8. The van der Waals surface area contributed by atoms with Gasteiger partial charge in [-0.1, -0.05) is 45.9 Å². The molecular formula is C43H58N4O12. The van der Waals surface area contributed by atoms with Crippen LogP contribution in [0.3, 0.4) is 0 Å². The number of hydrogen-bond acceptors (Lipinski definition) is 15. The maximum absolute atomic E-state index is 14.4. The van der Waals surface area contributed by atoms with Crippen LogP contribution in [-0.4, -0.2) is 130 Å². The molecule has 0 spiro atoms. The third-order valence-corrected chi connectivity index (χ3v) is 11.9. The molecule has 4 heterocycles. The number of aliphatic hydroxyl groups is 2. The monoisotopic (exact) mass is 822 g/mol. The molecule has 0 saturated carbocycles. The highest BCUT2D eigenvalue weighted by atomic mass is 16.7. The molecule has 0 aromatic heterocycles. The molecule has 6 N–H and O–H groups in total. The first kappa shape index (κ1) is 44.9. The summed E-state index contributed by atoms with van der Waals surface area (Å²) < 4.78 is 23.6. The Labute approximate surface area is 344 Å². The number of hydrogen-bond donors (Lipinski definition) is 6. The van der Waals surface area contributed by atoms with Crippen LogP contribution >= 0.6 is 0 Å². The van der Waals surface area contributed by atoms with Crippen LogP contribution in [0.4, 0.5) is 5.69 Å². The first-order chi connectivity index (χ1) is 27.7. The van der Waals surface area contributed by atoms with E-state index in [2.05, 4.69) is 15.3 Å². The normalized spacial score (nSPS) is 32.1. The molecular weight excluding hydrogens is 764 g/mol. The van der Waals surface area contributed by atoms with Gasteiger partial charge in [-0.3, -0.25) is 19.4 Å². The van der Waals surface area contributed by atoms with Crippen molar-refractivity contribution in [1.29, 1.82) is 0 Å². The van der Waals surface area contributed by atoms with Gasteiger partial charge in [-0.15, -0.1) is 0 Å². The summed E-state index contributed by atoms with van der Waals surface area (Å²) in [5, 5.41) is 66.8. The number of benzene rings is 2. The molecule has 2 aromatic carbocycles. The largest absolute Gasteiger partial charge is 0.507 e. The Balaban J connectivity index is 1.70. The topological polar surface area (TPSA) is 220 Å². The van der Waals surface area contributed by atoms with Crippen LogP contribution in [0.2, 0.25) is 0 Å². The summed E-state index contributed by atoms with van der Waals surface area (Å²) >= 11 is 0. The summed E-state index contributed by atoms with van der Waals surface area (Å²) in [5.74, 6) is -8.34. The highest BCUT2D eigenvalue weighted by Gasteiger charge is 2.50. The number of carbonyl (C=O) groups excluding carboxylic acids is 3.